The molecule has 2 heterocycles. The fourth-order valence-corrected chi connectivity index (χ4v) is 14.8. The van der Waals surface area contributed by atoms with Crippen molar-refractivity contribution >= 4 is 37.4 Å². The lowest BCUT2D eigenvalue weighted by atomic mass is 9.47. The largest absolute Gasteiger partial charge is 0.479 e. The molecule has 18 atom stereocenters. The number of aliphatic hydroxyl groups excluding tert-OH is 2. The molecule has 2 saturated heterocycles. The van der Waals surface area contributed by atoms with Crippen LogP contribution in [0.4, 0.5) is 0 Å². The van der Waals surface area contributed by atoms with Gasteiger partial charge in [0.15, 0.2) is 6.10 Å². The molecule has 5 fully saturated rings. The summed E-state index contributed by atoms with van der Waals surface area (Å²) in [5.74, 6) is -1.82. The second-order valence-corrected chi connectivity index (χ2v) is 23.7. The van der Waals surface area contributed by atoms with E-state index in [-0.39, 0.29) is 44.4 Å². The molecule has 0 radical (unpaired) electrons. The maximum atomic E-state index is 14.1. The first kappa shape index (κ1) is 54.8. The number of ether oxygens (including phenoxy) is 2. The molecule has 0 spiro atoms. The van der Waals surface area contributed by atoms with Crippen LogP contribution >= 0.6 is 7.82 Å². The van der Waals surface area contributed by atoms with Gasteiger partial charge in [-0.25, -0.2) is 9.36 Å². The minimum absolute atomic E-state index is 0.0281. The Morgan fingerprint density at radius 1 is 1.03 bits per heavy atom. The lowest BCUT2D eigenvalue weighted by Crippen LogP contribution is -2.67. The molecule has 4 aliphatic carbocycles. The highest BCUT2D eigenvalue weighted by atomic mass is 31.2. The van der Waals surface area contributed by atoms with Crippen molar-refractivity contribution in [3.8, 4) is 0 Å². The van der Waals surface area contributed by atoms with Crippen LogP contribution in [0.5, 0.6) is 0 Å². The monoisotopic (exact) mass is 1010 g/mol. The van der Waals surface area contributed by atoms with Crippen LogP contribution in [0.15, 0.2) is 11.6 Å². The molecule has 0 bridgehead atoms. The number of aliphatic carboxylic acids is 1. The van der Waals surface area contributed by atoms with Crippen LogP contribution in [0.25, 0.3) is 0 Å². The lowest BCUT2D eigenvalue weighted by Gasteiger charge is -2.58. The Kier molecular flexibility index (Phi) is 18.4. The third-order valence-corrected chi connectivity index (χ3v) is 18.6. The summed E-state index contributed by atoms with van der Waals surface area (Å²) < 4.78 is 45.1. The van der Waals surface area contributed by atoms with E-state index in [0.717, 1.165) is 48.3 Å². The zero-order valence-corrected chi connectivity index (χ0v) is 43.3. The van der Waals surface area contributed by atoms with E-state index in [1.54, 1.807) is 0 Å². The van der Waals surface area contributed by atoms with Crippen molar-refractivity contribution in [2.75, 3.05) is 26.3 Å². The number of carbonyl (C=O) groups excluding carboxylic acids is 4. The van der Waals surface area contributed by atoms with Crippen molar-refractivity contribution < 1.29 is 68.6 Å². The van der Waals surface area contributed by atoms with E-state index >= 15 is 0 Å². The molecule has 2 aliphatic heterocycles. The van der Waals surface area contributed by atoms with E-state index < -0.39 is 105 Å². The van der Waals surface area contributed by atoms with E-state index in [9.17, 15) is 50.1 Å². The fourth-order valence-electron chi connectivity index (χ4n) is 13.8. The Morgan fingerprint density at radius 3 is 2.41 bits per heavy atom. The first-order valence-corrected chi connectivity index (χ1v) is 27.4. The maximum absolute atomic E-state index is 14.1. The molecule has 19 nitrogen and oxygen atoms in total. The quantitative estimate of drug-likeness (QED) is 0.0433. The first-order chi connectivity index (χ1) is 33.3. The Morgan fingerprint density at radius 2 is 1.76 bits per heavy atom. The van der Waals surface area contributed by atoms with Crippen molar-refractivity contribution in [1.29, 1.82) is 0 Å². The van der Waals surface area contributed by atoms with Gasteiger partial charge < -0.3 is 56.7 Å². The van der Waals surface area contributed by atoms with Gasteiger partial charge in [-0.05, 0) is 117 Å². The van der Waals surface area contributed by atoms with E-state index in [2.05, 4.69) is 51.3 Å². The minimum Gasteiger partial charge on any atom is -0.479 e. The lowest BCUT2D eigenvalue weighted by molar-refractivity contribution is -0.225. The van der Waals surface area contributed by atoms with Gasteiger partial charge in [-0.2, -0.15) is 0 Å². The number of aliphatic hydroxyl groups is 2. The van der Waals surface area contributed by atoms with Gasteiger partial charge in [0.2, 0.25) is 23.6 Å². The van der Waals surface area contributed by atoms with Gasteiger partial charge in [0, 0.05) is 32.4 Å². The summed E-state index contributed by atoms with van der Waals surface area (Å²) in [7, 11) is -4.51. The van der Waals surface area contributed by atoms with Crippen LogP contribution < -0.4 is 22.1 Å². The number of amides is 4. The normalized spacial score (nSPS) is 38.5. The molecule has 398 valence electrons. The third kappa shape index (κ3) is 12.5. The average molecular weight is 1010 g/mol. The number of primary amides is 1. The number of likely N-dealkylation sites (tertiary alicyclic amines) is 1. The smallest absolute Gasteiger partial charge is 0.472 e. The number of carboxylic acid groups (broad SMARTS) is 1. The molecule has 3 saturated carbocycles. The number of nitrogens with one attached hydrogen (secondary N) is 2. The number of carbonyl (C=O) groups is 5. The average Bonchev–Trinajstić information content (AvgIpc) is 3.85. The van der Waals surface area contributed by atoms with Crippen molar-refractivity contribution in [1.82, 2.24) is 15.5 Å². The minimum atomic E-state index is -4.51. The Labute approximate surface area is 415 Å². The van der Waals surface area contributed by atoms with E-state index in [4.69, 9.17) is 30.0 Å². The summed E-state index contributed by atoms with van der Waals surface area (Å²) in [6, 6.07) is -5.32. The highest BCUT2D eigenvalue weighted by molar-refractivity contribution is 7.47. The van der Waals surface area contributed by atoms with Gasteiger partial charge in [-0.3, -0.25) is 28.2 Å². The molecule has 70 heavy (non-hydrogen) atoms. The molecule has 0 aromatic rings. The number of fused-ring (bicyclic) bond motifs is 5. The maximum Gasteiger partial charge on any atom is 0.472 e. The van der Waals surface area contributed by atoms with Crippen LogP contribution in [-0.2, 0) is 47.1 Å². The van der Waals surface area contributed by atoms with Crippen molar-refractivity contribution in [3.05, 3.63) is 11.6 Å². The molecule has 0 aromatic carbocycles. The molecule has 6 rings (SSSR count). The van der Waals surface area contributed by atoms with E-state index in [1.165, 1.54) is 57.4 Å². The van der Waals surface area contributed by atoms with Gasteiger partial charge in [-0.1, -0.05) is 65.5 Å². The number of phosphoric ester groups is 1. The number of hydrogen-bond acceptors (Lipinski definition) is 13. The van der Waals surface area contributed by atoms with Gasteiger partial charge in [-0.15, -0.1) is 0 Å². The number of nitrogens with two attached hydrogens (primary N) is 2. The van der Waals surface area contributed by atoms with Gasteiger partial charge in [0.25, 0.3) is 0 Å². The number of hydrogen-bond donors (Lipinski definition) is 8. The van der Waals surface area contributed by atoms with Gasteiger partial charge in [0.05, 0.1) is 32.8 Å². The summed E-state index contributed by atoms with van der Waals surface area (Å²) in [6.45, 7) is 13.1. The van der Waals surface area contributed by atoms with Crippen LogP contribution in [-0.4, -0.2) is 136 Å². The Bertz CT molecular complexity index is 2020. The Balaban J connectivity index is 0.976. The van der Waals surface area contributed by atoms with E-state index in [0.29, 0.717) is 30.1 Å². The number of phosphoric acid groups is 1. The summed E-state index contributed by atoms with van der Waals surface area (Å²) in [6.07, 6.45) is 6.22. The molecular formula is C50H84N5O14P. The number of allylic oxidation sites excluding steroid dienone is 1. The molecule has 3 unspecified atom stereocenters. The van der Waals surface area contributed by atoms with Gasteiger partial charge >= 0.3 is 13.8 Å². The highest BCUT2D eigenvalue weighted by Gasteiger charge is 2.60. The van der Waals surface area contributed by atoms with Gasteiger partial charge in [0.1, 0.15) is 30.4 Å². The molecule has 10 N–H and O–H groups in total. The van der Waals surface area contributed by atoms with Crippen molar-refractivity contribution in [3.63, 3.8) is 0 Å². The molecule has 0 aromatic heterocycles. The van der Waals surface area contributed by atoms with Crippen LogP contribution in [0.1, 0.15) is 140 Å². The number of carboxylic acids is 1. The summed E-state index contributed by atoms with van der Waals surface area (Å²) in [5, 5.41) is 35.3. The summed E-state index contributed by atoms with van der Waals surface area (Å²) in [4.78, 5) is 75.7. The van der Waals surface area contributed by atoms with Crippen molar-refractivity contribution in [2.45, 2.75) is 193 Å². The summed E-state index contributed by atoms with van der Waals surface area (Å²) >= 11 is 0. The van der Waals surface area contributed by atoms with Crippen molar-refractivity contribution in [2.24, 2.45) is 63.7 Å². The van der Waals surface area contributed by atoms with Crippen LogP contribution in [0, 0.1) is 52.3 Å². The Hall–Kier alpha value is -3.00. The molecular weight excluding hydrogens is 926 g/mol. The zero-order valence-electron chi connectivity index (χ0n) is 43.4. The predicted molar refractivity (Wildman–Crippen MR) is 258 cm³/mol. The zero-order chi connectivity index (χ0) is 52.4. The third-order valence-electron chi connectivity index (χ3n) is 17.5. The first-order valence-electron chi connectivity index (χ1n) is 26.4. The van der Waals surface area contributed by atoms with Crippen LogP contribution in [0.2, 0.25) is 0 Å². The SMILES string of the molecule is [2H][C@@]1(C(=O)N[C@@H](CCC(=O)NCCOP(=O)(O)O[C@H]2CC[C@@]3(C)C(=CC[C@H]4[C@@H]5CC[C@H]([C@H](C)CCCC(C)C)[C@@]5(C)CC[C@@H]43)C2)C(N)=O)C(C2O[C@H](CO)[C@@H](O)[C@H](O[C@H](C)C(=O)O)[C@H]2N)CCN1C(C)=O. The van der Waals surface area contributed by atoms with E-state index in [1.807, 2.05) is 0 Å². The van der Waals surface area contributed by atoms with Crippen LogP contribution in [0.3, 0.4) is 0 Å². The molecule has 6 aliphatic rings. The fraction of sp³-hybridized carbons (Fsp3) is 0.860. The molecule has 4 amide bonds. The number of rotatable bonds is 22. The second-order valence-electron chi connectivity index (χ2n) is 22.3. The predicted octanol–water partition coefficient (Wildman–Crippen LogP) is 3.94. The number of nitrogens with zero attached hydrogens (tertiary/aromatic N) is 1. The topological polar surface area (TPSA) is 300 Å². The molecule has 20 heteroatoms. The summed E-state index contributed by atoms with van der Waals surface area (Å²) in [5.41, 5.74) is 13.8. The standard InChI is InChI=1S/C50H84N5O14P/c1-27(2)9-8-10-28(3)35-13-14-36-33-12-11-31-25-32(17-20-49(31,6)37(33)18-21-50(35,36)7)69-70(64,65)66-24-22-53-40(58)16-15-38(46(52)60)54-47(61)42-34(19-23-55(42)30(5)57)44-41(51)45(67-29(4)48(62)63)43(59)39(26-56)68-44/h11,27-29,32-39,41-45,56,59H,8-10,12-26,51H2,1-7H3,(H2,52,60)(H,53,58)(H,54,61)(H,62,63)(H,64,65)/t28-,29-,32+,33+,34?,35-,36+,37+,38+,39-,41+,42+,43-,44?,45-,49+,50-/m1/s1/i42D. The second kappa shape index (κ2) is 23.5. The highest BCUT2D eigenvalue weighted by Crippen LogP contribution is 2.68.